The monoisotopic (exact) mass is 311 g/mol. The summed E-state index contributed by atoms with van der Waals surface area (Å²) >= 11 is 0. The molecule has 4 heteroatoms. The number of allylic oxidation sites excluding steroid dienone is 2. The Balaban J connectivity index is 1.69. The van der Waals surface area contributed by atoms with Crippen LogP contribution in [0.1, 0.15) is 37.3 Å². The van der Waals surface area contributed by atoms with Crippen molar-refractivity contribution in [1.82, 2.24) is 10.3 Å². The SMILES string of the molecule is C=C1C=CC(c2ccc(OC(C)N3CCCCC3)c(C)c2)=NN1. The summed E-state index contributed by atoms with van der Waals surface area (Å²) in [4.78, 5) is 2.42. The van der Waals surface area contributed by atoms with Gasteiger partial charge in [0.2, 0.25) is 0 Å². The summed E-state index contributed by atoms with van der Waals surface area (Å²) in [6.45, 7) is 10.3. The standard InChI is InChI=1S/C19H25N3O/c1-14-13-17(18-9-7-15(2)20-21-18)8-10-19(14)23-16(3)22-11-5-4-6-12-22/h7-10,13,16,20H,2,4-6,11-12H2,1,3H3. The van der Waals surface area contributed by atoms with Gasteiger partial charge in [-0.15, -0.1) is 0 Å². The van der Waals surface area contributed by atoms with Crippen LogP contribution in [-0.4, -0.2) is 29.9 Å². The highest BCUT2D eigenvalue weighted by Gasteiger charge is 2.18. The van der Waals surface area contributed by atoms with Gasteiger partial charge in [0.15, 0.2) is 0 Å². The Morgan fingerprint density at radius 1 is 1.22 bits per heavy atom. The number of rotatable bonds is 4. The molecule has 1 atom stereocenters. The second kappa shape index (κ2) is 7.01. The van der Waals surface area contributed by atoms with Crippen LogP contribution in [0.2, 0.25) is 0 Å². The van der Waals surface area contributed by atoms with Crippen molar-refractivity contribution < 1.29 is 4.74 Å². The molecular weight excluding hydrogens is 286 g/mol. The van der Waals surface area contributed by atoms with Gasteiger partial charge in [0, 0.05) is 24.4 Å². The topological polar surface area (TPSA) is 36.9 Å². The number of benzene rings is 1. The highest BCUT2D eigenvalue weighted by atomic mass is 16.5. The van der Waals surface area contributed by atoms with Gasteiger partial charge in [-0.2, -0.15) is 5.10 Å². The molecule has 1 N–H and O–H groups in total. The summed E-state index contributed by atoms with van der Waals surface area (Å²) in [5.74, 6) is 0.949. The molecule has 122 valence electrons. The van der Waals surface area contributed by atoms with E-state index < -0.39 is 0 Å². The van der Waals surface area contributed by atoms with Crippen LogP contribution in [0.4, 0.5) is 0 Å². The first kappa shape index (κ1) is 15.8. The van der Waals surface area contributed by atoms with E-state index in [0.717, 1.165) is 41.4 Å². The molecule has 2 aliphatic heterocycles. The molecule has 1 fully saturated rings. The van der Waals surface area contributed by atoms with Crippen LogP contribution in [0.25, 0.3) is 0 Å². The number of nitrogens with zero attached hydrogens (tertiary/aromatic N) is 2. The van der Waals surface area contributed by atoms with Crippen molar-refractivity contribution in [2.45, 2.75) is 39.3 Å². The number of piperidine rings is 1. The number of ether oxygens (including phenoxy) is 1. The lowest BCUT2D eigenvalue weighted by Gasteiger charge is -2.32. The average molecular weight is 311 g/mol. The molecule has 0 amide bonds. The van der Waals surface area contributed by atoms with Crippen LogP contribution in [0.5, 0.6) is 5.75 Å². The van der Waals surface area contributed by atoms with Gasteiger partial charge in [-0.1, -0.05) is 13.0 Å². The van der Waals surface area contributed by atoms with Crippen LogP contribution < -0.4 is 10.2 Å². The number of hydrazone groups is 1. The van der Waals surface area contributed by atoms with Gasteiger partial charge in [0.25, 0.3) is 0 Å². The molecule has 1 aromatic rings. The number of hydrogen-bond acceptors (Lipinski definition) is 4. The van der Waals surface area contributed by atoms with Gasteiger partial charge in [-0.05, 0) is 62.6 Å². The summed E-state index contributed by atoms with van der Waals surface area (Å²) in [5.41, 5.74) is 6.84. The molecule has 0 spiro atoms. The molecule has 4 nitrogen and oxygen atoms in total. The van der Waals surface area contributed by atoms with Crippen LogP contribution in [0.3, 0.4) is 0 Å². The predicted molar refractivity (Wildman–Crippen MR) is 94.6 cm³/mol. The summed E-state index contributed by atoms with van der Waals surface area (Å²) in [7, 11) is 0. The van der Waals surface area contributed by atoms with Crippen LogP contribution >= 0.6 is 0 Å². The minimum atomic E-state index is 0.122. The van der Waals surface area contributed by atoms with Crippen molar-refractivity contribution in [1.29, 1.82) is 0 Å². The highest BCUT2D eigenvalue weighted by Crippen LogP contribution is 2.23. The van der Waals surface area contributed by atoms with E-state index in [-0.39, 0.29) is 6.23 Å². The largest absolute Gasteiger partial charge is 0.475 e. The zero-order chi connectivity index (χ0) is 16.2. The molecule has 0 aromatic heterocycles. The highest BCUT2D eigenvalue weighted by molar-refractivity contribution is 6.09. The Hall–Kier alpha value is -2.07. The Morgan fingerprint density at radius 3 is 2.65 bits per heavy atom. The Bertz CT molecular complexity index is 642. The molecule has 1 saturated heterocycles. The first-order chi connectivity index (χ1) is 11.1. The molecular formula is C19H25N3O. The second-order valence-corrected chi connectivity index (χ2v) is 6.26. The van der Waals surface area contributed by atoms with Crippen molar-refractivity contribution in [2.75, 3.05) is 13.1 Å². The van der Waals surface area contributed by atoms with Crippen molar-refractivity contribution in [3.8, 4) is 5.75 Å². The Kier molecular flexibility index (Phi) is 4.82. The maximum Gasteiger partial charge on any atom is 0.149 e. The molecule has 0 aliphatic carbocycles. The van der Waals surface area contributed by atoms with Gasteiger partial charge in [-0.25, -0.2) is 0 Å². The predicted octanol–water partition coefficient (Wildman–Crippen LogP) is 3.58. The first-order valence-corrected chi connectivity index (χ1v) is 8.36. The van der Waals surface area contributed by atoms with Gasteiger partial charge in [-0.3, -0.25) is 10.3 Å². The van der Waals surface area contributed by atoms with E-state index in [1.807, 2.05) is 18.2 Å². The molecule has 23 heavy (non-hydrogen) atoms. The minimum Gasteiger partial charge on any atom is -0.475 e. The van der Waals surface area contributed by atoms with Crippen molar-refractivity contribution in [3.63, 3.8) is 0 Å². The number of aryl methyl sites for hydroxylation is 1. The van der Waals surface area contributed by atoms with Gasteiger partial charge in [0.1, 0.15) is 12.0 Å². The normalized spacial score (nSPS) is 19.9. The zero-order valence-corrected chi connectivity index (χ0v) is 14.0. The van der Waals surface area contributed by atoms with E-state index in [1.165, 1.54) is 19.3 Å². The van der Waals surface area contributed by atoms with Crippen molar-refractivity contribution in [3.05, 3.63) is 53.8 Å². The maximum absolute atomic E-state index is 6.18. The van der Waals surface area contributed by atoms with Crippen LogP contribution in [-0.2, 0) is 0 Å². The lowest BCUT2D eigenvalue weighted by atomic mass is 10.1. The second-order valence-electron chi connectivity index (χ2n) is 6.26. The smallest absolute Gasteiger partial charge is 0.149 e. The fourth-order valence-corrected chi connectivity index (χ4v) is 3.03. The summed E-state index contributed by atoms with van der Waals surface area (Å²) in [5, 5.41) is 4.32. The third kappa shape index (κ3) is 3.82. The van der Waals surface area contributed by atoms with E-state index in [9.17, 15) is 0 Å². The molecule has 1 unspecified atom stereocenters. The Morgan fingerprint density at radius 2 is 2.00 bits per heavy atom. The molecule has 1 aromatic carbocycles. The van der Waals surface area contributed by atoms with Gasteiger partial charge >= 0.3 is 0 Å². The van der Waals surface area contributed by atoms with Crippen molar-refractivity contribution in [2.24, 2.45) is 5.10 Å². The van der Waals surface area contributed by atoms with Crippen molar-refractivity contribution >= 4 is 5.71 Å². The first-order valence-electron chi connectivity index (χ1n) is 8.36. The number of likely N-dealkylation sites (tertiary alicyclic amines) is 1. The molecule has 3 rings (SSSR count). The summed E-state index contributed by atoms with van der Waals surface area (Å²) < 4.78 is 6.18. The lowest BCUT2D eigenvalue weighted by molar-refractivity contribution is 0.0257. The van der Waals surface area contributed by atoms with Gasteiger partial charge in [0.05, 0.1) is 5.71 Å². The average Bonchev–Trinajstić information content (AvgIpc) is 2.58. The molecule has 0 radical (unpaired) electrons. The van der Waals surface area contributed by atoms with E-state index in [4.69, 9.17) is 4.74 Å². The molecule has 2 aliphatic rings. The number of hydrogen-bond donors (Lipinski definition) is 1. The maximum atomic E-state index is 6.18. The molecule has 2 heterocycles. The third-order valence-corrected chi connectivity index (χ3v) is 4.44. The molecule has 0 saturated carbocycles. The fourth-order valence-electron chi connectivity index (χ4n) is 3.03. The zero-order valence-electron chi connectivity index (χ0n) is 14.0. The summed E-state index contributed by atoms with van der Waals surface area (Å²) in [6.07, 6.45) is 7.92. The van der Waals surface area contributed by atoms with E-state index in [1.54, 1.807) is 0 Å². The quantitative estimate of drug-likeness (QED) is 0.923. The van der Waals surface area contributed by atoms with E-state index in [0.29, 0.717) is 0 Å². The van der Waals surface area contributed by atoms with Crippen LogP contribution in [0.15, 0.2) is 47.7 Å². The van der Waals surface area contributed by atoms with E-state index >= 15 is 0 Å². The molecule has 0 bridgehead atoms. The minimum absolute atomic E-state index is 0.122. The third-order valence-electron chi connectivity index (χ3n) is 4.44. The fraction of sp³-hybridized carbons (Fsp3) is 0.421. The lowest BCUT2D eigenvalue weighted by Crippen LogP contribution is -2.40. The van der Waals surface area contributed by atoms with E-state index in [2.05, 4.69) is 48.0 Å². The van der Waals surface area contributed by atoms with Gasteiger partial charge < -0.3 is 4.74 Å². The number of nitrogens with one attached hydrogen (secondary N) is 1. The summed E-state index contributed by atoms with van der Waals surface area (Å²) in [6, 6.07) is 6.23. The van der Waals surface area contributed by atoms with Crippen LogP contribution in [0, 0.1) is 6.92 Å². The Labute approximate surface area is 138 Å².